The lowest BCUT2D eigenvalue weighted by Gasteiger charge is -2.22. The smallest absolute Gasteiger partial charge is 0.226 e. The van der Waals surface area contributed by atoms with Crippen LogP contribution in [-0.2, 0) is 16.0 Å². The monoisotopic (exact) mass is 484 g/mol. The molecule has 2 atom stereocenters. The van der Waals surface area contributed by atoms with E-state index in [0.717, 1.165) is 48.1 Å². The summed E-state index contributed by atoms with van der Waals surface area (Å²) in [6, 6.07) is 16.1. The Balaban J connectivity index is 1.25. The molecular weight excluding hydrogens is 456 g/mol. The van der Waals surface area contributed by atoms with Gasteiger partial charge in [-0.2, -0.15) is 0 Å². The minimum atomic E-state index is 0.0958. The van der Waals surface area contributed by atoms with Gasteiger partial charge in [-0.3, -0.25) is 9.59 Å². The zero-order valence-electron chi connectivity index (χ0n) is 17.9. The Morgan fingerprint density at radius 2 is 1.65 bits per heavy atom. The van der Waals surface area contributed by atoms with Crippen LogP contribution in [0.4, 0.5) is 0 Å². The molecule has 6 heteroatoms. The number of carbonyl (C=O) groups excluding carboxylic acids is 2. The molecule has 1 aliphatic heterocycles. The van der Waals surface area contributed by atoms with Crippen molar-refractivity contribution in [2.24, 2.45) is 5.92 Å². The summed E-state index contributed by atoms with van der Waals surface area (Å²) in [5.74, 6) is 1.68. The van der Waals surface area contributed by atoms with Crippen molar-refractivity contribution in [1.82, 2.24) is 9.80 Å². The highest BCUT2D eigenvalue weighted by atomic mass is 79.9. The molecule has 0 radical (unpaired) electrons. The van der Waals surface area contributed by atoms with Gasteiger partial charge in [0.25, 0.3) is 0 Å². The fourth-order valence-corrected chi connectivity index (χ4v) is 4.63. The van der Waals surface area contributed by atoms with Gasteiger partial charge in [0.15, 0.2) is 0 Å². The molecular formula is C25H29BrN2O3. The van der Waals surface area contributed by atoms with Crippen molar-refractivity contribution < 1.29 is 14.3 Å². The number of amides is 2. The van der Waals surface area contributed by atoms with Gasteiger partial charge in [-0.25, -0.2) is 0 Å². The van der Waals surface area contributed by atoms with Crippen LogP contribution in [0.3, 0.4) is 0 Å². The first-order valence-electron chi connectivity index (χ1n) is 11.0. The molecule has 1 saturated carbocycles. The molecule has 0 bridgehead atoms. The molecule has 2 unspecified atom stereocenters. The molecule has 164 valence electrons. The van der Waals surface area contributed by atoms with Gasteiger partial charge in [0.1, 0.15) is 5.75 Å². The second-order valence-corrected chi connectivity index (χ2v) is 9.32. The Morgan fingerprint density at radius 1 is 0.968 bits per heavy atom. The summed E-state index contributed by atoms with van der Waals surface area (Å²) in [7, 11) is 1.65. The zero-order valence-corrected chi connectivity index (χ0v) is 19.5. The van der Waals surface area contributed by atoms with Crippen molar-refractivity contribution in [3.63, 3.8) is 0 Å². The van der Waals surface area contributed by atoms with Crippen molar-refractivity contribution in [2.45, 2.75) is 31.6 Å². The van der Waals surface area contributed by atoms with E-state index in [2.05, 4.69) is 28.1 Å². The quantitative estimate of drug-likeness (QED) is 0.615. The highest BCUT2D eigenvalue weighted by Crippen LogP contribution is 2.48. The highest BCUT2D eigenvalue weighted by molar-refractivity contribution is 9.10. The van der Waals surface area contributed by atoms with Gasteiger partial charge in [-0.1, -0.05) is 40.2 Å². The molecule has 1 saturated heterocycles. The molecule has 4 rings (SSSR count). The minimum Gasteiger partial charge on any atom is -0.497 e. The second-order valence-electron chi connectivity index (χ2n) is 8.41. The molecule has 2 aromatic carbocycles. The Labute approximate surface area is 192 Å². The third-order valence-corrected chi connectivity index (χ3v) is 6.88. The van der Waals surface area contributed by atoms with Gasteiger partial charge in [0.05, 0.1) is 7.11 Å². The van der Waals surface area contributed by atoms with Crippen LogP contribution in [0.1, 0.15) is 36.3 Å². The van der Waals surface area contributed by atoms with E-state index in [-0.39, 0.29) is 17.7 Å². The van der Waals surface area contributed by atoms with Crippen molar-refractivity contribution in [2.75, 3.05) is 33.3 Å². The number of nitrogens with zero attached hydrogens (tertiary/aromatic N) is 2. The SMILES string of the molecule is COc1ccc(CCC(=O)N2CCCN(C(=O)C3CC3c3ccc(Br)cc3)CC2)cc1. The fourth-order valence-electron chi connectivity index (χ4n) is 4.37. The average Bonchev–Trinajstić information content (AvgIpc) is 3.61. The molecule has 0 N–H and O–H groups in total. The number of ether oxygens (including phenoxy) is 1. The predicted molar refractivity (Wildman–Crippen MR) is 124 cm³/mol. The van der Waals surface area contributed by atoms with Gasteiger partial charge in [0, 0.05) is 43.0 Å². The van der Waals surface area contributed by atoms with Gasteiger partial charge in [-0.05, 0) is 60.6 Å². The Morgan fingerprint density at radius 3 is 2.35 bits per heavy atom. The van der Waals surface area contributed by atoms with Crippen molar-refractivity contribution in [3.05, 3.63) is 64.1 Å². The highest BCUT2D eigenvalue weighted by Gasteiger charge is 2.45. The maximum atomic E-state index is 13.0. The van der Waals surface area contributed by atoms with Crippen molar-refractivity contribution in [1.29, 1.82) is 0 Å². The number of hydrogen-bond acceptors (Lipinski definition) is 3. The third kappa shape index (κ3) is 5.48. The number of rotatable bonds is 6. The Hall–Kier alpha value is -2.34. The van der Waals surface area contributed by atoms with E-state index in [1.165, 1.54) is 5.56 Å². The summed E-state index contributed by atoms with van der Waals surface area (Å²) >= 11 is 3.47. The van der Waals surface area contributed by atoms with Crippen molar-refractivity contribution in [3.8, 4) is 5.75 Å². The molecule has 1 heterocycles. The summed E-state index contributed by atoms with van der Waals surface area (Å²) in [6.07, 6.45) is 2.99. The maximum Gasteiger partial charge on any atom is 0.226 e. The predicted octanol–water partition coefficient (Wildman–Crippen LogP) is 4.25. The fraction of sp³-hybridized carbons (Fsp3) is 0.440. The molecule has 5 nitrogen and oxygen atoms in total. The van der Waals surface area contributed by atoms with Crippen LogP contribution in [-0.4, -0.2) is 54.9 Å². The van der Waals surface area contributed by atoms with Crippen LogP contribution in [0.2, 0.25) is 0 Å². The first kappa shape index (κ1) is 21.9. The van der Waals surface area contributed by atoms with E-state index >= 15 is 0 Å². The first-order valence-corrected chi connectivity index (χ1v) is 11.8. The van der Waals surface area contributed by atoms with Crippen molar-refractivity contribution >= 4 is 27.7 Å². The summed E-state index contributed by atoms with van der Waals surface area (Å²) in [6.45, 7) is 2.73. The second kappa shape index (κ2) is 9.86. The van der Waals surface area contributed by atoms with E-state index in [4.69, 9.17) is 4.74 Å². The minimum absolute atomic E-state index is 0.0958. The lowest BCUT2D eigenvalue weighted by molar-refractivity contribution is -0.134. The number of hydrogen-bond donors (Lipinski definition) is 0. The molecule has 2 aliphatic rings. The molecule has 0 spiro atoms. The largest absolute Gasteiger partial charge is 0.497 e. The Kier molecular flexibility index (Phi) is 6.96. The van der Waals surface area contributed by atoms with Crippen LogP contribution >= 0.6 is 15.9 Å². The van der Waals surface area contributed by atoms with Gasteiger partial charge in [0.2, 0.25) is 11.8 Å². The van der Waals surface area contributed by atoms with Crippen LogP contribution in [0.25, 0.3) is 0 Å². The first-order chi connectivity index (χ1) is 15.0. The molecule has 2 aromatic rings. The summed E-state index contributed by atoms with van der Waals surface area (Å²) in [4.78, 5) is 29.6. The lowest BCUT2D eigenvalue weighted by atomic mass is 10.1. The lowest BCUT2D eigenvalue weighted by Crippen LogP contribution is -2.38. The zero-order chi connectivity index (χ0) is 21.8. The van der Waals surface area contributed by atoms with Gasteiger partial charge >= 0.3 is 0 Å². The van der Waals surface area contributed by atoms with E-state index in [9.17, 15) is 9.59 Å². The molecule has 1 aliphatic carbocycles. The summed E-state index contributed by atoms with van der Waals surface area (Å²) in [5, 5.41) is 0. The molecule has 2 fully saturated rings. The van der Waals surface area contributed by atoms with E-state index < -0.39 is 0 Å². The number of halogens is 1. The van der Waals surface area contributed by atoms with Crippen LogP contribution < -0.4 is 4.74 Å². The molecule has 0 aromatic heterocycles. The molecule has 2 amide bonds. The van der Waals surface area contributed by atoms with Gasteiger partial charge < -0.3 is 14.5 Å². The van der Waals surface area contributed by atoms with Crippen LogP contribution in [0.15, 0.2) is 53.0 Å². The van der Waals surface area contributed by atoms with E-state index in [1.807, 2.05) is 46.2 Å². The van der Waals surface area contributed by atoms with E-state index in [0.29, 0.717) is 25.4 Å². The normalized spacial score (nSPS) is 20.8. The topological polar surface area (TPSA) is 49.9 Å². The van der Waals surface area contributed by atoms with E-state index in [1.54, 1.807) is 7.11 Å². The van der Waals surface area contributed by atoms with Gasteiger partial charge in [-0.15, -0.1) is 0 Å². The van der Waals surface area contributed by atoms with Crippen LogP contribution in [0, 0.1) is 5.92 Å². The molecule has 31 heavy (non-hydrogen) atoms. The maximum absolute atomic E-state index is 13.0. The summed E-state index contributed by atoms with van der Waals surface area (Å²) in [5.41, 5.74) is 2.38. The number of methoxy groups -OCH3 is 1. The standard InChI is InChI=1S/C25H29BrN2O3/c1-31-21-10-3-18(4-11-21)5-12-24(29)27-13-2-14-28(16-15-27)25(30)23-17-22(23)19-6-8-20(26)9-7-19/h3-4,6-11,22-23H,2,5,12-17H2,1H3. The third-order valence-electron chi connectivity index (χ3n) is 6.35. The van der Waals surface area contributed by atoms with Crippen LogP contribution in [0.5, 0.6) is 5.75 Å². The number of aryl methyl sites for hydroxylation is 1. The number of carbonyl (C=O) groups is 2. The average molecular weight is 485 g/mol. The summed E-state index contributed by atoms with van der Waals surface area (Å²) < 4.78 is 6.24. The Bertz CT molecular complexity index is 913. The number of benzene rings is 2.